The van der Waals surface area contributed by atoms with Crippen molar-refractivity contribution in [3.05, 3.63) is 35.4 Å². The molecule has 1 aromatic carbocycles. The molecule has 1 saturated heterocycles. The zero-order chi connectivity index (χ0) is 12.3. The maximum absolute atomic E-state index is 13.5. The SMILES string of the molecule is CNC(Cc1cc(F)ccc1F)C1CCOC1. The van der Waals surface area contributed by atoms with Crippen molar-refractivity contribution >= 4 is 0 Å². The van der Waals surface area contributed by atoms with E-state index in [1.807, 2.05) is 7.05 Å². The topological polar surface area (TPSA) is 21.3 Å². The summed E-state index contributed by atoms with van der Waals surface area (Å²) in [6.45, 7) is 1.46. The molecule has 2 rings (SSSR count). The lowest BCUT2D eigenvalue weighted by atomic mass is 9.93. The average molecular weight is 241 g/mol. The lowest BCUT2D eigenvalue weighted by molar-refractivity contribution is 0.177. The monoisotopic (exact) mass is 241 g/mol. The maximum atomic E-state index is 13.5. The molecule has 1 fully saturated rings. The lowest BCUT2D eigenvalue weighted by Crippen LogP contribution is -2.36. The number of benzene rings is 1. The molecule has 2 unspecified atom stereocenters. The number of hydrogen-bond donors (Lipinski definition) is 1. The van der Waals surface area contributed by atoms with Gasteiger partial charge in [0.1, 0.15) is 11.6 Å². The van der Waals surface area contributed by atoms with Crippen molar-refractivity contribution in [1.82, 2.24) is 5.32 Å². The average Bonchev–Trinajstić information content (AvgIpc) is 2.84. The first kappa shape index (κ1) is 12.5. The van der Waals surface area contributed by atoms with Gasteiger partial charge in [0, 0.05) is 18.6 Å². The Balaban J connectivity index is 2.09. The minimum atomic E-state index is -0.390. The third kappa shape index (κ3) is 3.01. The second kappa shape index (κ2) is 5.56. The maximum Gasteiger partial charge on any atom is 0.126 e. The van der Waals surface area contributed by atoms with Crippen molar-refractivity contribution < 1.29 is 13.5 Å². The molecule has 2 atom stereocenters. The van der Waals surface area contributed by atoms with Crippen LogP contribution in [0, 0.1) is 17.6 Å². The number of hydrogen-bond acceptors (Lipinski definition) is 2. The summed E-state index contributed by atoms with van der Waals surface area (Å²) in [5, 5.41) is 3.17. The largest absolute Gasteiger partial charge is 0.381 e. The molecule has 0 spiro atoms. The summed E-state index contributed by atoms with van der Waals surface area (Å²) in [6, 6.07) is 3.73. The minimum Gasteiger partial charge on any atom is -0.381 e. The van der Waals surface area contributed by atoms with E-state index in [1.165, 1.54) is 12.1 Å². The van der Waals surface area contributed by atoms with Gasteiger partial charge < -0.3 is 10.1 Å². The van der Waals surface area contributed by atoms with Crippen molar-refractivity contribution in [2.24, 2.45) is 5.92 Å². The Kier molecular flexibility index (Phi) is 4.07. The van der Waals surface area contributed by atoms with Gasteiger partial charge >= 0.3 is 0 Å². The fourth-order valence-corrected chi connectivity index (χ4v) is 2.31. The predicted octanol–water partition coefficient (Wildman–Crippen LogP) is 2.13. The highest BCUT2D eigenvalue weighted by atomic mass is 19.1. The van der Waals surface area contributed by atoms with Crippen molar-refractivity contribution in [3.63, 3.8) is 0 Å². The van der Waals surface area contributed by atoms with Crippen LogP contribution in [-0.4, -0.2) is 26.3 Å². The van der Waals surface area contributed by atoms with Gasteiger partial charge in [-0.05, 0) is 43.7 Å². The van der Waals surface area contributed by atoms with Crippen LogP contribution >= 0.6 is 0 Å². The molecule has 94 valence electrons. The predicted molar refractivity (Wildman–Crippen MR) is 61.8 cm³/mol. The summed E-state index contributed by atoms with van der Waals surface area (Å²) >= 11 is 0. The zero-order valence-corrected chi connectivity index (χ0v) is 9.88. The van der Waals surface area contributed by atoms with Gasteiger partial charge in [-0.15, -0.1) is 0 Å². The van der Waals surface area contributed by atoms with Gasteiger partial charge in [-0.2, -0.15) is 0 Å². The summed E-state index contributed by atoms with van der Waals surface area (Å²) in [7, 11) is 1.85. The second-order valence-electron chi connectivity index (χ2n) is 4.46. The minimum absolute atomic E-state index is 0.133. The van der Waals surface area contributed by atoms with Gasteiger partial charge in [-0.3, -0.25) is 0 Å². The van der Waals surface area contributed by atoms with Crippen molar-refractivity contribution in [2.75, 3.05) is 20.3 Å². The Morgan fingerprint density at radius 1 is 1.47 bits per heavy atom. The van der Waals surface area contributed by atoms with Gasteiger partial charge in [0.2, 0.25) is 0 Å². The smallest absolute Gasteiger partial charge is 0.126 e. The molecular formula is C13H17F2NO. The van der Waals surface area contributed by atoms with Crippen LogP contribution in [0.3, 0.4) is 0 Å². The normalized spacial score (nSPS) is 21.7. The van der Waals surface area contributed by atoms with Crippen LogP contribution < -0.4 is 5.32 Å². The fraction of sp³-hybridized carbons (Fsp3) is 0.538. The number of likely N-dealkylation sites (N-methyl/N-ethyl adjacent to an activating group) is 1. The van der Waals surface area contributed by atoms with E-state index in [0.717, 1.165) is 19.1 Å². The Bertz CT molecular complexity index is 378. The molecule has 4 heteroatoms. The van der Waals surface area contributed by atoms with E-state index in [1.54, 1.807) is 0 Å². The van der Waals surface area contributed by atoms with Crippen LogP contribution in [0.15, 0.2) is 18.2 Å². The van der Waals surface area contributed by atoms with Gasteiger partial charge in [0.15, 0.2) is 0 Å². The van der Waals surface area contributed by atoms with Gasteiger partial charge in [-0.1, -0.05) is 0 Å². The second-order valence-corrected chi connectivity index (χ2v) is 4.46. The molecule has 1 aliphatic rings. The molecule has 1 heterocycles. The molecule has 0 amide bonds. The molecule has 1 N–H and O–H groups in total. The van der Waals surface area contributed by atoms with Crippen molar-refractivity contribution in [2.45, 2.75) is 18.9 Å². The number of halogens is 2. The summed E-state index contributed by atoms with van der Waals surface area (Å²) in [5.41, 5.74) is 0.427. The molecule has 0 saturated carbocycles. The molecule has 0 bridgehead atoms. The van der Waals surface area contributed by atoms with E-state index in [9.17, 15) is 8.78 Å². The molecule has 17 heavy (non-hydrogen) atoms. The Hall–Kier alpha value is -1.00. The molecule has 0 radical (unpaired) electrons. The standard InChI is InChI=1S/C13H17F2NO/c1-16-13(9-4-5-17-8-9)7-10-6-11(14)2-3-12(10)15/h2-3,6,9,13,16H,4-5,7-8H2,1H3. The highest BCUT2D eigenvalue weighted by molar-refractivity contribution is 5.20. The highest BCUT2D eigenvalue weighted by Gasteiger charge is 2.25. The number of rotatable bonds is 4. The Morgan fingerprint density at radius 2 is 2.29 bits per heavy atom. The van der Waals surface area contributed by atoms with Crippen LogP contribution in [0.2, 0.25) is 0 Å². The van der Waals surface area contributed by atoms with Crippen molar-refractivity contribution in [1.29, 1.82) is 0 Å². The van der Waals surface area contributed by atoms with Crippen LogP contribution in [0.5, 0.6) is 0 Å². The molecule has 0 aliphatic carbocycles. The Labute approximate surface area is 100.0 Å². The lowest BCUT2D eigenvalue weighted by Gasteiger charge is -2.22. The van der Waals surface area contributed by atoms with Gasteiger partial charge in [0.25, 0.3) is 0 Å². The van der Waals surface area contributed by atoms with Gasteiger partial charge in [0.05, 0.1) is 6.61 Å². The van der Waals surface area contributed by atoms with E-state index in [0.29, 0.717) is 24.5 Å². The quantitative estimate of drug-likeness (QED) is 0.872. The summed E-state index contributed by atoms with van der Waals surface area (Å²) < 4.78 is 31.9. The first-order chi connectivity index (χ1) is 8.20. The van der Waals surface area contributed by atoms with Crippen molar-refractivity contribution in [3.8, 4) is 0 Å². The molecule has 1 aliphatic heterocycles. The first-order valence-corrected chi connectivity index (χ1v) is 5.89. The van der Waals surface area contributed by atoms with Crippen LogP contribution in [0.25, 0.3) is 0 Å². The molecule has 2 nitrogen and oxygen atoms in total. The van der Waals surface area contributed by atoms with Crippen LogP contribution in [0.1, 0.15) is 12.0 Å². The van der Waals surface area contributed by atoms with E-state index >= 15 is 0 Å². The molecule has 0 aromatic heterocycles. The van der Waals surface area contributed by atoms with Crippen LogP contribution in [0.4, 0.5) is 8.78 Å². The third-order valence-corrected chi connectivity index (χ3v) is 3.35. The van der Waals surface area contributed by atoms with E-state index in [-0.39, 0.29) is 17.7 Å². The Morgan fingerprint density at radius 3 is 2.94 bits per heavy atom. The van der Waals surface area contributed by atoms with E-state index < -0.39 is 0 Å². The summed E-state index contributed by atoms with van der Waals surface area (Å²) in [4.78, 5) is 0. The number of ether oxygens (including phenoxy) is 1. The van der Waals surface area contributed by atoms with Crippen LogP contribution in [-0.2, 0) is 11.2 Å². The zero-order valence-electron chi connectivity index (χ0n) is 9.88. The number of nitrogens with one attached hydrogen (secondary N) is 1. The van der Waals surface area contributed by atoms with Gasteiger partial charge in [-0.25, -0.2) is 8.78 Å². The summed E-state index contributed by atoms with van der Waals surface area (Å²) in [6.07, 6.45) is 1.47. The summed E-state index contributed by atoms with van der Waals surface area (Å²) in [5.74, 6) is -0.354. The first-order valence-electron chi connectivity index (χ1n) is 5.89. The fourth-order valence-electron chi connectivity index (χ4n) is 2.31. The molecular weight excluding hydrogens is 224 g/mol. The molecule has 1 aromatic rings. The van der Waals surface area contributed by atoms with E-state index in [4.69, 9.17) is 4.74 Å². The van der Waals surface area contributed by atoms with E-state index in [2.05, 4.69) is 5.32 Å². The highest BCUT2D eigenvalue weighted by Crippen LogP contribution is 2.21. The third-order valence-electron chi connectivity index (χ3n) is 3.35.